The maximum Gasteiger partial charge on any atom is 0.122 e. The Morgan fingerprint density at radius 1 is 1.14 bits per heavy atom. The minimum atomic E-state index is 0.606. The average Bonchev–Trinajstić information content (AvgIpc) is 2.16. The number of rotatable bonds is 4. The van der Waals surface area contributed by atoms with Gasteiger partial charge >= 0.3 is 0 Å². The summed E-state index contributed by atoms with van der Waals surface area (Å²) < 4.78 is 5.76. The smallest absolute Gasteiger partial charge is 0.122 e. The van der Waals surface area contributed by atoms with E-state index in [1.807, 2.05) is 18.2 Å². The number of hydrogen-bond acceptors (Lipinski definition) is 1. The molecule has 0 saturated carbocycles. The van der Waals surface area contributed by atoms with Gasteiger partial charge in [-0.1, -0.05) is 39.0 Å². The molecule has 0 N–H and O–H groups in total. The van der Waals surface area contributed by atoms with Gasteiger partial charge in [0.15, 0.2) is 0 Å². The average molecular weight is 192 g/mol. The van der Waals surface area contributed by atoms with E-state index in [0.29, 0.717) is 11.8 Å². The van der Waals surface area contributed by atoms with Crippen LogP contribution in [-0.4, -0.2) is 6.61 Å². The fraction of sp³-hybridized carbons (Fsp3) is 0.538. The fourth-order valence-corrected chi connectivity index (χ4v) is 1.13. The van der Waals surface area contributed by atoms with Gasteiger partial charge in [-0.15, -0.1) is 0 Å². The Morgan fingerprint density at radius 3 is 2.36 bits per heavy atom. The third-order valence-corrected chi connectivity index (χ3v) is 2.73. The van der Waals surface area contributed by atoms with E-state index in [1.54, 1.807) is 0 Å². The van der Waals surface area contributed by atoms with Crippen LogP contribution >= 0.6 is 0 Å². The summed E-state index contributed by atoms with van der Waals surface area (Å²) in [5.41, 5.74) is 1.21. The lowest BCUT2D eigenvalue weighted by atomic mass is 9.99. The predicted molar refractivity (Wildman–Crippen MR) is 60.7 cm³/mol. The zero-order valence-electron chi connectivity index (χ0n) is 9.58. The predicted octanol–water partition coefficient (Wildman–Crippen LogP) is 3.67. The number of aryl methyl sites for hydroxylation is 1. The number of benzene rings is 1. The van der Waals surface area contributed by atoms with Gasteiger partial charge in [0.2, 0.25) is 0 Å². The molecule has 1 heteroatoms. The van der Waals surface area contributed by atoms with Crippen LogP contribution in [0.3, 0.4) is 0 Å². The molecular formula is C13H20O. The van der Waals surface area contributed by atoms with Crippen LogP contribution in [0.25, 0.3) is 0 Å². The molecule has 14 heavy (non-hydrogen) atoms. The van der Waals surface area contributed by atoms with Crippen molar-refractivity contribution in [3.8, 4) is 5.75 Å². The summed E-state index contributed by atoms with van der Waals surface area (Å²) in [4.78, 5) is 0. The third kappa shape index (κ3) is 3.06. The lowest BCUT2D eigenvalue weighted by Gasteiger charge is -2.17. The van der Waals surface area contributed by atoms with Crippen molar-refractivity contribution in [2.24, 2.45) is 11.8 Å². The molecule has 1 rings (SSSR count). The molecule has 1 atom stereocenters. The van der Waals surface area contributed by atoms with Crippen molar-refractivity contribution in [1.82, 2.24) is 0 Å². The van der Waals surface area contributed by atoms with E-state index in [0.717, 1.165) is 12.4 Å². The van der Waals surface area contributed by atoms with E-state index in [1.165, 1.54) is 5.56 Å². The van der Waals surface area contributed by atoms with Crippen LogP contribution in [0.15, 0.2) is 24.3 Å². The van der Waals surface area contributed by atoms with Gasteiger partial charge in [-0.2, -0.15) is 0 Å². The van der Waals surface area contributed by atoms with Crippen molar-refractivity contribution in [2.75, 3.05) is 6.61 Å². The molecule has 0 aliphatic carbocycles. The Balaban J connectivity index is 2.50. The molecular weight excluding hydrogens is 172 g/mol. The van der Waals surface area contributed by atoms with Crippen molar-refractivity contribution >= 4 is 0 Å². The van der Waals surface area contributed by atoms with E-state index in [4.69, 9.17) is 4.74 Å². The molecule has 0 aromatic heterocycles. The van der Waals surface area contributed by atoms with Gasteiger partial charge in [-0.3, -0.25) is 0 Å². The van der Waals surface area contributed by atoms with E-state index >= 15 is 0 Å². The first-order chi connectivity index (χ1) is 6.61. The van der Waals surface area contributed by atoms with Crippen LogP contribution in [0.2, 0.25) is 0 Å². The molecule has 0 radical (unpaired) electrons. The Labute approximate surface area is 87.1 Å². The molecule has 0 aliphatic rings. The Morgan fingerprint density at radius 2 is 1.79 bits per heavy atom. The monoisotopic (exact) mass is 192 g/mol. The van der Waals surface area contributed by atoms with Crippen LogP contribution in [0, 0.1) is 18.8 Å². The number of ether oxygens (including phenoxy) is 1. The number of para-hydroxylation sites is 1. The zero-order chi connectivity index (χ0) is 10.6. The normalized spacial score (nSPS) is 12.9. The van der Waals surface area contributed by atoms with Crippen molar-refractivity contribution in [2.45, 2.75) is 27.7 Å². The second-order valence-electron chi connectivity index (χ2n) is 4.30. The maximum atomic E-state index is 5.76. The molecule has 1 unspecified atom stereocenters. The molecule has 0 saturated heterocycles. The standard InChI is InChI=1S/C13H20O/c1-10(2)12(4)9-14-13-8-6-5-7-11(13)3/h5-8,10,12H,9H2,1-4H3. The first-order valence-electron chi connectivity index (χ1n) is 5.29. The second-order valence-corrected chi connectivity index (χ2v) is 4.30. The van der Waals surface area contributed by atoms with Gasteiger partial charge in [0.25, 0.3) is 0 Å². The van der Waals surface area contributed by atoms with Crippen LogP contribution in [-0.2, 0) is 0 Å². The SMILES string of the molecule is Cc1ccccc1OCC(C)C(C)C. The van der Waals surface area contributed by atoms with Gasteiger partial charge in [-0.05, 0) is 30.4 Å². The first-order valence-corrected chi connectivity index (χ1v) is 5.29. The molecule has 78 valence electrons. The van der Waals surface area contributed by atoms with Gasteiger partial charge in [0, 0.05) is 0 Å². The molecule has 1 nitrogen and oxygen atoms in total. The number of hydrogen-bond donors (Lipinski definition) is 0. The Hall–Kier alpha value is -0.980. The first kappa shape index (κ1) is 11.1. The van der Waals surface area contributed by atoms with E-state index in [9.17, 15) is 0 Å². The van der Waals surface area contributed by atoms with Crippen LogP contribution < -0.4 is 4.74 Å². The highest BCUT2D eigenvalue weighted by Crippen LogP contribution is 2.18. The zero-order valence-corrected chi connectivity index (χ0v) is 9.58. The summed E-state index contributed by atoms with van der Waals surface area (Å²) in [7, 11) is 0. The second kappa shape index (κ2) is 5.04. The lowest BCUT2D eigenvalue weighted by Crippen LogP contribution is -2.14. The molecule has 0 bridgehead atoms. The van der Waals surface area contributed by atoms with Crippen LogP contribution in [0.5, 0.6) is 5.75 Å². The minimum absolute atomic E-state index is 0.606. The van der Waals surface area contributed by atoms with Gasteiger partial charge in [0.1, 0.15) is 5.75 Å². The van der Waals surface area contributed by atoms with Gasteiger partial charge in [0.05, 0.1) is 6.61 Å². The Bertz CT molecular complexity index is 278. The van der Waals surface area contributed by atoms with Crippen molar-refractivity contribution in [3.63, 3.8) is 0 Å². The molecule has 0 fully saturated rings. The highest BCUT2D eigenvalue weighted by Gasteiger charge is 2.08. The molecule has 0 heterocycles. The lowest BCUT2D eigenvalue weighted by molar-refractivity contribution is 0.222. The Kier molecular flexibility index (Phi) is 3.99. The molecule has 0 amide bonds. The molecule has 1 aromatic rings. The van der Waals surface area contributed by atoms with Crippen LogP contribution in [0.1, 0.15) is 26.3 Å². The summed E-state index contributed by atoms with van der Waals surface area (Å²) in [6.07, 6.45) is 0. The molecule has 0 spiro atoms. The van der Waals surface area contributed by atoms with Crippen molar-refractivity contribution in [1.29, 1.82) is 0 Å². The summed E-state index contributed by atoms with van der Waals surface area (Å²) in [6.45, 7) is 9.57. The topological polar surface area (TPSA) is 9.23 Å². The third-order valence-electron chi connectivity index (χ3n) is 2.73. The minimum Gasteiger partial charge on any atom is -0.493 e. The highest BCUT2D eigenvalue weighted by molar-refractivity contribution is 5.31. The van der Waals surface area contributed by atoms with E-state index < -0.39 is 0 Å². The highest BCUT2D eigenvalue weighted by atomic mass is 16.5. The van der Waals surface area contributed by atoms with Gasteiger partial charge in [-0.25, -0.2) is 0 Å². The van der Waals surface area contributed by atoms with E-state index in [-0.39, 0.29) is 0 Å². The largest absolute Gasteiger partial charge is 0.493 e. The summed E-state index contributed by atoms with van der Waals surface area (Å²) in [6, 6.07) is 8.16. The van der Waals surface area contributed by atoms with Crippen molar-refractivity contribution < 1.29 is 4.74 Å². The van der Waals surface area contributed by atoms with Crippen LogP contribution in [0.4, 0.5) is 0 Å². The van der Waals surface area contributed by atoms with Crippen molar-refractivity contribution in [3.05, 3.63) is 29.8 Å². The summed E-state index contributed by atoms with van der Waals surface area (Å²) in [5, 5.41) is 0. The quantitative estimate of drug-likeness (QED) is 0.707. The molecule has 1 aromatic carbocycles. The summed E-state index contributed by atoms with van der Waals surface area (Å²) in [5.74, 6) is 2.30. The molecule has 0 aliphatic heterocycles. The van der Waals surface area contributed by atoms with Gasteiger partial charge < -0.3 is 4.74 Å². The summed E-state index contributed by atoms with van der Waals surface area (Å²) >= 11 is 0. The fourth-order valence-electron chi connectivity index (χ4n) is 1.13. The van der Waals surface area contributed by atoms with E-state index in [2.05, 4.69) is 33.8 Å². The maximum absolute atomic E-state index is 5.76.